The molecule has 0 N–H and O–H groups in total. The third-order valence-electron chi connectivity index (χ3n) is 4.25. The fourth-order valence-corrected chi connectivity index (χ4v) is 3.09. The molecule has 0 fully saturated rings. The van der Waals surface area contributed by atoms with Crippen molar-refractivity contribution in [3.63, 3.8) is 0 Å². The Morgan fingerprint density at radius 3 is 2.00 bits per heavy atom. The first-order chi connectivity index (χ1) is 10.9. The SMILES string of the molecule is CON(C)CC(Cc1c(F)cccc1F)c1c(C)cccc1C.Cl. The first kappa shape index (κ1) is 20.6. The fraction of sp³-hybridized carbons (Fsp3) is 0.368. The molecule has 0 amide bonds. The predicted octanol–water partition coefficient (Wildman–Crippen LogP) is 4.82. The van der Waals surface area contributed by atoms with Crippen molar-refractivity contribution < 1.29 is 13.6 Å². The number of hydroxylamine groups is 2. The van der Waals surface area contributed by atoms with Gasteiger partial charge in [-0.05, 0) is 49.1 Å². The van der Waals surface area contributed by atoms with Gasteiger partial charge in [0.15, 0.2) is 0 Å². The van der Waals surface area contributed by atoms with E-state index in [4.69, 9.17) is 4.84 Å². The molecule has 2 aromatic carbocycles. The third kappa shape index (κ3) is 4.76. The molecule has 0 radical (unpaired) electrons. The maximum atomic E-state index is 14.1. The Hall–Kier alpha value is -1.49. The topological polar surface area (TPSA) is 12.5 Å². The third-order valence-corrected chi connectivity index (χ3v) is 4.25. The van der Waals surface area contributed by atoms with Gasteiger partial charge in [-0.1, -0.05) is 24.3 Å². The summed E-state index contributed by atoms with van der Waals surface area (Å²) in [5.41, 5.74) is 3.50. The van der Waals surface area contributed by atoms with E-state index in [1.165, 1.54) is 18.2 Å². The molecule has 132 valence electrons. The minimum atomic E-state index is -0.499. The maximum absolute atomic E-state index is 14.1. The Kier molecular flexibility index (Phi) is 7.80. The van der Waals surface area contributed by atoms with Crippen LogP contribution in [0.15, 0.2) is 36.4 Å². The van der Waals surface area contributed by atoms with Gasteiger partial charge in [-0.2, -0.15) is 5.06 Å². The smallest absolute Gasteiger partial charge is 0.129 e. The Morgan fingerprint density at radius 2 is 1.50 bits per heavy atom. The number of nitrogens with zero attached hydrogens (tertiary/aromatic N) is 1. The van der Waals surface area contributed by atoms with Crippen LogP contribution in [0.5, 0.6) is 0 Å². The van der Waals surface area contributed by atoms with Crippen molar-refractivity contribution in [2.24, 2.45) is 0 Å². The average molecular weight is 356 g/mol. The van der Waals surface area contributed by atoms with Crippen molar-refractivity contribution in [1.29, 1.82) is 0 Å². The molecule has 24 heavy (non-hydrogen) atoms. The molecule has 5 heteroatoms. The summed E-state index contributed by atoms with van der Waals surface area (Å²) in [4.78, 5) is 5.23. The standard InChI is InChI=1S/C19H23F2NO.ClH/c1-13-7-5-8-14(2)19(13)15(12-22(3)23-4)11-16-17(20)9-6-10-18(16)21;/h5-10,15H,11-12H2,1-4H3;1H. The first-order valence-corrected chi connectivity index (χ1v) is 7.68. The number of halogens is 3. The lowest BCUT2D eigenvalue weighted by Crippen LogP contribution is -2.26. The van der Waals surface area contributed by atoms with Crippen LogP contribution in [0.4, 0.5) is 8.78 Å². The zero-order valence-corrected chi connectivity index (χ0v) is 15.3. The van der Waals surface area contributed by atoms with Crippen molar-refractivity contribution in [2.75, 3.05) is 20.7 Å². The molecule has 2 rings (SSSR count). The summed E-state index contributed by atoms with van der Waals surface area (Å²) in [6.45, 7) is 4.61. The van der Waals surface area contributed by atoms with Gasteiger partial charge in [0.1, 0.15) is 11.6 Å². The molecule has 2 nitrogen and oxygen atoms in total. The number of likely N-dealkylation sites (N-methyl/N-ethyl adjacent to an activating group) is 1. The average Bonchev–Trinajstić information content (AvgIpc) is 2.50. The number of hydrogen-bond donors (Lipinski definition) is 0. The molecule has 0 spiro atoms. The Morgan fingerprint density at radius 1 is 1.00 bits per heavy atom. The highest BCUT2D eigenvalue weighted by Gasteiger charge is 2.22. The molecule has 0 saturated carbocycles. The van der Waals surface area contributed by atoms with Crippen LogP contribution < -0.4 is 0 Å². The summed E-state index contributed by atoms with van der Waals surface area (Å²) in [7, 11) is 3.41. The second-order valence-electron chi connectivity index (χ2n) is 5.90. The monoisotopic (exact) mass is 355 g/mol. The summed E-state index contributed by atoms with van der Waals surface area (Å²) in [5.74, 6) is -1.06. The van der Waals surface area contributed by atoms with E-state index in [2.05, 4.69) is 0 Å². The lowest BCUT2D eigenvalue weighted by atomic mass is 9.86. The van der Waals surface area contributed by atoms with Crippen LogP contribution in [-0.4, -0.2) is 25.8 Å². The number of aryl methyl sites for hydroxylation is 2. The van der Waals surface area contributed by atoms with E-state index in [-0.39, 0.29) is 30.3 Å². The minimum absolute atomic E-state index is 0. The van der Waals surface area contributed by atoms with E-state index in [0.717, 1.165) is 16.7 Å². The Labute approximate surface area is 148 Å². The van der Waals surface area contributed by atoms with Crippen molar-refractivity contribution >= 4 is 12.4 Å². The molecule has 0 aliphatic heterocycles. The quantitative estimate of drug-likeness (QED) is 0.688. The zero-order chi connectivity index (χ0) is 17.0. The molecule has 2 aromatic rings. The lowest BCUT2D eigenvalue weighted by Gasteiger charge is -2.26. The van der Waals surface area contributed by atoms with E-state index in [9.17, 15) is 8.78 Å². The lowest BCUT2D eigenvalue weighted by molar-refractivity contribution is -0.112. The molecule has 0 heterocycles. The van der Waals surface area contributed by atoms with Gasteiger partial charge in [-0.3, -0.25) is 0 Å². The molecular formula is C19H24ClF2NO. The van der Waals surface area contributed by atoms with Crippen molar-refractivity contribution in [3.05, 3.63) is 70.3 Å². The molecule has 1 unspecified atom stereocenters. The van der Waals surface area contributed by atoms with E-state index < -0.39 is 11.6 Å². The fourth-order valence-electron chi connectivity index (χ4n) is 3.09. The van der Waals surface area contributed by atoms with E-state index in [1.807, 2.05) is 39.1 Å². The minimum Gasteiger partial charge on any atom is -0.303 e. The van der Waals surface area contributed by atoms with Crippen LogP contribution in [0.25, 0.3) is 0 Å². The molecule has 1 atom stereocenters. The largest absolute Gasteiger partial charge is 0.303 e. The number of benzene rings is 2. The number of hydrogen-bond acceptors (Lipinski definition) is 2. The van der Waals surface area contributed by atoms with Crippen LogP contribution in [0.3, 0.4) is 0 Å². The normalized spacial score (nSPS) is 12.1. The van der Waals surface area contributed by atoms with Gasteiger partial charge >= 0.3 is 0 Å². The molecule has 0 saturated heterocycles. The molecule has 0 aliphatic carbocycles. The van der Waals surface area contributed by atoms with Gasteiger partial charge in [-0.25, -0.2) is 8.78 Å². The first-order valence-electron chi connectivity index (χ1n) is 7.68. The highest BCUT2D eigenvalue weighted by Crippen LogP contribution is 2.29. The van der Waals surface area contributed by atoms with Crippen LogP contribution in [-0.2, 0) is 11.3 Å². The summed E-state index contributed by atoms with van der Waals surface area (Å²) in [6, 6.07) is 10.1. The van der Waals surface area contributed by atoms with Gasteiger partial charge in [0.05, 0.1) is 7.11 Å². The van der Waals surface area contributed by atoms with Gasteiger partial charge in [-0.15, -0.1) is 12.4 Å². The van der Waals surface area contributed by atoms with Crippen LogP contribution in [0.2, 0.25) is 0 Å². The summed E-state index contributed by atoms with van der Waals surface area (Å²) < 4.78 is 28.1. The van der Waals surface area contributed by atoms with Crippen LogP contribution >= 0.6 is 12.4 Å². The summed E-state index contributed by atoms with van der Waals surface area (Å²) >= 11 is 0. The Bertz CT molecular complexity index is 638. The summed E-state index contributed by atoms with van der Waals surface area (Å²) in [5, 5.41) is 1.69. The number of rotatable bonds is 6. The van der Waals surface area contributed by atoms with Crippen molar-refractivity contribution in [3.8, 4) is 0 Å². The molecule has 0 bridgehead atoms. The maximum Gasteiger partial charge on any atom is 0.129 e. The van der Waals surface area contributed by atoms with E-state index in [0.29, 0.717) is 6.54 Å². The second-order valence-corrected chi connectivity index (χ2v) is 5.90. The van der Waals surface area contributed by atoms with Crippen molar-refractivity contribution in [1.82, 2.24) is 5.06 Å². The molecule has 0 aliphatic rings. The van der Waals surface area contributed by atoms with Gasteiger partial charge < -0.3 is 4.84 Å². The van der Waals surface area contributed by atoms with E-state index >= 15 is 0 Å². The van der Waals surface area contributed by atoms with Gasteiger partial charge in [0, 0.05) is 25.1 Å². The summed E-state index contributed by atoms with van der Waals surface area (Å²) in [6.07, 6.45) is 0.290. The molecule has 0 aromatic heterocycles. The van der Waals surface area contributed by atoms with Crippen molar-refractivity contribution in [2.45, 2.75) is 26.2 Å². The second kappa shape index (κ2) is 9.11. The van der Waals surface area contributed by atoms with Crippen LogP contribution in [0, 0.1) is 25.5 Å². The Balaban J connectivity index is 0.00000288. The highest BCUT2D eigenvalue weighted by atomic mass is 35.5. The predicted molar refractivity (Wildman–Crippen MR) is 95.6 cm³/mol. The zero-order valence-electron chi connectivity index (χ0n) is 14.5. The van der Waals surface area contributed by atoms with Gasteiger partial charge in [0.2, 0.25) is 0 Å². The molecular weight excluding hydrogens is 332 g/mol. The van der Waals surface area contributed by atoms with Crippen LogP contribution in [0.1, 0.15) is 28.2 Å². The van der Waals surface area contributed by atoms with Gasteiger partial charge in [0.25, 0.3) is 0 Å². The van der Waals surface area contributed by atoms with E-state index in [1.54, 1.807) is 12.2 Å². The highest BCUT2D eigenvalue weighted by molar-refractivity contribution is 5.85.